The molecule has 0 aliphatic rings. The monoisotopic (exact) mass is 196 g/mol. The van der Waals surface area contributed by atoms with Gasteiger partial charge in [-0.05, 0) is 0 Å². The van der Waals surface area contributed by atoms with Gasteiger partial charge in [0.05, 0.1) is 24.2 Å². The van der Waals surface area contributed by atoms with Crippen molar-refractivity contribution in [1.82, 2.24) is 9.78 Å². The molecule has 0 amide bonds. The van der Waals surface area contributed by atoms with E-state index in [1.807, 2.05) is 0 Å². The SMILES string of the molecule is C#CCCn1cc(C(=O)CCl)cn1. The Bertz CT molecular complexity index is 338. The molecule has 1 aromatic rings. The molecule has 0 aliphatic heterocycles. The highest BCUT2D eigenvalue weighted by atomic mass is 35.5. The topological polar surface area (TPSA) is 34.9 Å². The van der Waals surface area contributed by atoms with Crippen molar-refractivity contribution in [2.45, 2.75) is 13.0 Å². The smallest absolute Gasteiger partial charge is 0.180 e. The molecule has 0 aliphatic carbocycles. The average Bonchev–Trinajstić information content (AvgIpc) is 2.62. The molecule has 1 rings (SSSR count). The molecule has 0 aromatic carbocycles. The minimum Gasteiger partial charge on any atom is -0.293 e. The second-order valence-corrected chi connectivity index (χ2v) is 2.77. The summed E-state index contributed by atoms with van der Waals surface area (Å²) >= 11 is 5.38. The van der Waals surface area contributed by atoms with E-state index in [9.17, 15) is 4.79 Å². The van der Waals surface area contributed by atoms with Gasteiger partial charge in [-0.3, -0.25) is 9.48 Å². The first-order chi connectivity index (χ1) is 6.27. The van der Waals surface area contributed by atoms with Gasteiger partial charge in [0, 0.05) is 12.6 Å². The third kappa shape index (κ3) is 2.60. The summed E-state index contributed by atoms with van der Waals surface area (Å²) in [5, 5.41) is 3.96. The van der Waals surface area contributed by atoms with Crippen molar-refractivity contribution in [3.8, 4) is 12.3 Å². The van der Waals surface area contributed by atoms with E-state index in [1.165, 1.54) is 6.20 Å². The van der Waals surface area contributed by atoms with Crippen LogP contribution in [0.2, 0.25) is 0 Å². The summed E-state index contributed by atoms with van der Waals surface area (Å²) in [7, 11) is 0. The number of aryl methyl sites for hydroxylation is 1. The Morgan fingerprint density at radius 2 is 2.54 bits per heavy atom. The highest BCUT2D eigenvalue weighted by Crippen LogP contribution is 2.01. The Morgan fingerprint density at radius 1 is 1.77 bits per heavy atom. The normalized spacial score (nSPS) is 9.54. The number of aromatic nitrogens is 2. The lowest BCUT2D eigenvalue weighted by Crippen LogP contribution is -1.99. The molecule has 1 aromatic heterocycles. The molecule has 4 heteroatoms. The first-order valence-corrected chi connectivity index (χ1v) is 4.36. The van der Waals surface area contributed by atoms with Gasteiger partial charge in [-0.1, -0.05) is 0 Å². The van der Waals surface area contributed by atoms with Gasteiger partial charge in [-0.2, -0.15) is 5.10 Å². The average molecular weight is 197 g/mol. The highest BCUT2D eigenvalue weighted by molar-refractivity contribution is 6.30. The molecule has 3 nitrogen and oxygen atoms in total. The minimum atomic E-state index is -0.117. The van der Waals surface area contributed by atoms with Gasteiger partial charge in [0.15, 0.2) is 5.78 Å². The number of rotatable bonds is 4. The summed E-state index contributed by atoms with van der Waals surface area (Å²) < 4.78 is 1.64. The Labute approximate surface area is 81.7 Å². The fourth-order valence-corrected chi connectivity index (χ4v) is 1.04. The van der Waals surface area contributed by atoms with Crippen LogP contribution in [-0.4, -0.2) is 21.4 Å². The standard InChI is InChI=1S/C9H9ClN2O/c1-2-3-4-12-7-8(6-11-12)9(13)5-10/h1,6-7H,3-5H2. The molecule has 0 unspecified atom stereocenters. The highest BCUT2D eigenvalue weighted by Gasteiger charge is 2.05. The predicted octanol–water partition coefficient (Wildman–Crippen LogP) is 1.33. The predicted molar refractivity (Wildman–Crippen MR) is 50.7 cm³/mol. The van der Waals surface area contributed by atoms with Crippen molar-refractivity contribution < 1.29 is 4.79 Å². The number of carbonyl (C=O) groups excluding carboxylic acids is 1. The van der Waals surface area contributed by atoms with Crippen LogP contribution in [0.15, 0.2) is 12.4 Å². The maximum atomic E-state index is 11.1. The van der Waals surface area contributed by atoms with Gasteiger partial charge in [-0.25, -0.2) is 0 Å². The van der Waals surface area contributed by atoms with E-state index in [2.05, 4.69) is 11.0 Å². The number of nitrogens with zero attached hydrogens (tertiary/aromatic N) is 2. The lowest BCUT2D eigenvalue weighted by Gasteiger charge is -1.94. The lowest BCUT2D eigenvalue weighted by atomic mass is 10.3. The van der Waals surface area contributed by atoms with E-state index >= 15 is 0 Å². The Balaban J connectivity index is 2.64. The quantitative estimate of drug-likeness (QED) is 0.414. The van der Waals surface area contributed by atoms with Crippen LogP contribution >= 0.6 is 11.6 Å². The number of hydrogen-bond acceptors (Lipinski definition) is 2. The zero-order chi connectivity index (χ0) is 9.68. The van der Waals surface area contributed by atoms with E-state index < -0.39 is 0 Å². The fourth-order valence-electron chi connectivity index (χ4n) is 0.886. The van der Waals surface area contributed by atoms with Crippen molar-refractivity contribution in [2.24, 2.45) is 0 Å². The van der Waals surface area contributed by atoms with E-state index in [0.29, 0.717) is 18.5 Å². The van der Waals surface area contributed by atoms with Gasteiger partial charge in [-0.15, -0.1) is 23.9 Å². The second kappa shape index (κ2) is 4.68. The van der Waals surface area contributed by atoms with Crippen LogP contribution in [0.3, 0.4) is 0 Å². The molecule has 1 heterocycles. The maximum Gasteiger partial charge on any atom is 0.180 e. The Morgan fingerprint density at radius 3 is 3.15 bits per heavy atom. The molecule has 0 saturated heterocycles. The summed E-state index contributed by atoms with van der Waals surface area (Å²) in [6, 6.07) is 0. The number of hydrogen-bond donors (Lipinski definition) is 0. The molecule has 0 N–H and O–H groups in total. The van der Waals surface area contributed by atoms with E-state index in [-0.39, 0.29) is 11.7 Å². The van der Waals surface area contributed by atoms with Gasteiger partial charge in [0.25, 0.3) is 0 Å². The molecule has 0 saturated carbocycles. The van der Waals surface area contributed by atoms with E-state index in [4.69, 9.17) is 18.0 Å². The number of terminal acetylenes is 1. The largest absolute Gasteiger partial charge is 0.293 e. The van der Waals surface area contributed by atoms with Gasteiger partial charge < -0.3 is 0 Å². The van der Waals surface area contributed by atoms with Gasteiger partial charge >= 0.3 is 0 Å². The van der Waals surface area contributed by atoms with Crippen LogP contribution in [0.25, 0.3) is 0 Å². The molecule has 13 heavy (non-hydrogen) atoms. The first kappa shape index (κ1) is 9.82. The number of carbonyl (C=O) groups is 1. The van der Waals surface area contributed by atoms with Crippen molar-refractivity contribution in [3.63, 3.8) is 0 Å². The van der Waals surface area contributed by atoms with E-state index in [0.717, 1.165) is 0 Å². The molecule has 0 spiro atoms. The second-order valence-electron chi connectivity index (χ2n) is 2.50. The number of ketones is 1. The third-order valence-electron chi connectivity index (χ3n) is 1.56. The molecule has 0 fully saturated rings. The Kier molecular flexibility index (Phi) is 3.53. The zero-order valence-electron chi connectivity index (χ0n) is 7.03. The lowest BCUT2D eigenvalue weighted by molar-refractivity contribution is 0.102. The molecule has 68 valence electrons. The van der Waals surface area contributed by atoms with Crippen LogP contribution < -0.4 is 0 Å². The molecule has 0 radical (unpaired) electrons. The van der Waals surface area contributed by atoms with Gasteiger partial charge in [0.2, 0.25) is 0 Å². The summed E-state index contributed by atoms with van der Waals surface area (Å²) in [5.41, 5.74) is 0.534. The van der Waals surface area contributed by atoms with Crippen molar-refractivity contribution in [1.29, 1.82) is 0 Å². The number of halogens is 1. The van der Waals surface area contributed by atoms with Crippen LogP contribution in [-0.2, 0) is 6.54 Å². The van der Waals surface area contributed by atoms with Crippen LogP contribution in [0.5, 0.6) is 0 Å². The third-order valence-corrected chi connectivity index (χ3v) is 1.80. The van der Waals surface area contributed by atoms with Crippen LogP contribution in [0.1, 0.15) is 16.8 Å². The minimum absolute atomic E-state index is 0.0131. The molecule has 0 bridgehead atoms. The Hall–Kier alpha value is -1.27. The summed E-state index contributed by atoms with van der Waals surface area (Å²) in [6.07, 6.45) is 8.85. The van der Waals surface area contributed by atoms with Gasteiger partial charge in [0.1, 0.15) is 0 Å². The van der Waals surface area contributed by atoms with E-state index in [1.54, 1.807) is 10.9 Å². The molecular weight excluding hydrogens is 188 g/mol. The summed E-state index contributed by atoms with van der Waals surface area (Å²) in [4.78, 5) is 11.1. The van der Waals surface area contributed by atoms with Crippen molar-refractivity contribution in [2.75, 3.05) is 5.88 Å². The maximum absolute atomic E-state index is 11.1. The van der Waals surface area contributed by atoms with Crippen molar-refractivity contribution in [3.05, 3.63) is 18.0 Å². The molecule has 0 atom stereocenters. The number of Topliss-reactive ketones (excluding diaryl/α,β-unsaturated/α-hetero) is 1. The van der Waals surface area contributed by atoms with Crippen LogP contribution in [0, 0.1) is 12.3 Å². The molecular formula is C9H9ClN2O. The zero-order valence-corrected chi connectivity index (χ0v) is 7.79. The van der Waals surface area contributed by atoms with Crippen molar-refractivity contribution >= 4 is 17.4 Å². The first-order valence-electron chi connectivity index (χ1n) is 3.83. The number of alkyl halides is 1. The summed E-state index contributed by atoms with van der Waals surface area (Å²) in [5.74, 6) is 2.37. The van der Waals surface area contributed by atoms with Crippen LogP contribution in [0.4, 0.5) is 0 Å². The fraction of sp³-hybridized carbons (Fsp3) is 0.333. The summed E-state index contributed by atoms with van der Waals surface area (Å²) in [6.45, 7) is 0.631.